The van der Waals surface area contributed by atoms with E-state index >= 15 is 0 Å². The molecule has 1 aromatic rings. The Morgan fingerprint density at radius 3 is 2.22 bits per heavy atom. The lowest BCUT2D eigenvalue weighted by Crippen LogP contribution is -2.48. The molecule has 6 nitrogen and oxygen atoms in total. The molecule has 0 saturated carbocycles. The zero-order valence-electron chi connectivity index (χ0n) is 12.9. The zero-order valence-corrected chi connectivity index (χ0v) is 14.6. The van der Waals surface area contributed by atoms with Crippen molar-refractivity contribution in [3.63, 3.8) is 0 Å². The van der Waals surface area contributed by atoms with Crippen molar-refractivity contribution in [3.05, 3.63) is 30.3 Å². The number of piperazine rings is 1. The predicted molar refractivity (Wildman–Crippen MR) is 90.4 cm³/mol. The summed E-state index contributed by atoms with van der Waals surface area (Å²) in [7, 11) is -3.39. The van der Waals surface area contributed by atoms with Crippen LogP contribution in [0.15, 0.2) is 35.2 Å². The van der Waals surface area contributed by atoms with E-state index in [9.17, 15) is 13.2 Å². The molecule has 1 aliphatic rings. The number of carbonyl (C=O) groups is 1. The molecule has 1 heterocycles. The molecule has 0 unspecified atom stereocenters. The monoisotopic (exact) mass is 362 g/mol. The highest BCUT2D eigenvalue weighted by atomic mass is 35.5. The minimum absolute atomic E-state index is 0. The molecule has 0 aromatic heterocycles. The first-order valence-electron chi connectivity index (χ1n) is 7.49. The molecule has 1 aliphatic heterocycles. The second-order valence-electron chi connectivity index (χ2n) is 5.41. The Balaban J connectivity index is 0.00000264. The number of hydrogen-bond donors (Lipinski definition) is 1. The van der Waals surface area contributed by atoms with Gasteiger partial charge >= 0.3 is 5.97 Å². The van der Waals surface area contributed by atoms with Crippen LogP contribution in [0, 0.1) is 0 Å². The summed E-state index contributed by atoms with van der Waals surface area (Å²) in [6, 6.07) is 8.49. The first-order chi connectivity index (χ1) is 10.5. The van der Waals surface area contributed by atoms with Crippen molar-refractivity contribution >= 4 is 28.4 Å². The standard InChI is InChI=1S/C15H22N2O4S.ClH/c18-15(19)8-4-5-9-16-10-12-17(13-11-16)22(20,21)14-6-2-1-3-7-14;/h1-3,6-7H,4-5,8-13H2,(H,18,19);1H. The molecule has 0 radical (unpaired) electrons. The molecule has 0 aliphatic carbocycles. The van der Waals surface area contributed by atoms with Gasteiger partial charge in [-0.05, 0) is 31.5 Å². The number of unbranched alkanes of at least 4 members (excludes halogenated alkanes) is 1. The SMILES string of the molecule is Cl.O=C(O)CCCCN1CCN(S(=O)(=O)c2ccccc2)CC1. The first-order valence-corrected chi connectivity index (χ1v) is 8.93. The average Bonchev–Trinajstić information content (AvgIpc) is 2.53. The van der Waals surface area contributed by atoms with Gasteiger partial charge in [0.2, 0.25) is 10.0 Å². The van der Waals surface area contributed by atoms with Crippen molar-refractivity contribution in [2.75, 3.05) is 32.7 Å². The second kappa shape index (κ2) is 9.22. The quantitative estimate of drug-likeness (QED) is 0.746. The number of nitrogens with zero attached hydrogens (tertiary/aromatic N) is 2. The second-order valence-corrected chi connectivity index (χ2v) is 7.35. The fraction of sp³-hybridized carbons (Fsp3) is 0.533. The topological polar surface area (TPSA) is 77.9 Å². The number of carboxylic acid groups (broad SMARTS) is 1. The van der Waals surface area contributed by atoms with Gasteiger partial charge in [0.25, 0.3) is 0 Å². The van der Waals surface area contributed by atoms with Crippen molar-refractivity contribution in [3.8, 4) is 0 Å². The summed E-state index contributed by atoms with van der Waals surface area (Å²) in [6.45, 7) is 3.18. The van der Waals surface area contributed by atoms with Gasteiger partial charge in [-0.1, -0.05) is 18.2 Å². The van der Waals surface area contributed by atoms with E-state index in [0.717, 1.165) is 13.0 Å². The Hall–Kier alpha value is -1.15. The van der Waals surface area contributed by atoms with Gasteiger partial charge in [0.15, 0.2) is 0 Å². The van der Waals surface area contributed by atoms with E-state index in [4.69, 9.17) is 5.11 Å². The van der Waals surface area contributed by atoms with Crippen LogP contribution in [0.5, 0.6) is 0 Å². The lowest BCUT2D eigenvalue weighted by Gasteiger charge is -2.33. The van der Waals surface area contributed by atoms with Gasteiger partial charge in [-0.3, -0.25) is 4.79 Å². The smallest absolute Gasteiger partial charge is 0.303 e. The Morgan fingerprint density at radius 1 is 1.04 bits per heavy atom. The predicted octanol–water partition coefficient (Wildman–Crippen LogP) is 1.67. The molecule has 8 heteroatoms. The average molecular weight is 363 g/mol. The number of hydrogen-bond acceptors (Lipinski definition) is 4. The molecule has 0 amide bonds. The molecule has 1 aromatic carbocycles. The zero-order chi connectivity index (χ0) is 16.0. The van der Waals surface area contributed by atoms with Gasteiger partial charge in [-0.15, -0.1) is 12.4 Å². The fourth-order valence-electron chi connectivity index (χ4n) is 2.55. The van der Waals surface area contributed by atoms with Crippen molar-refractivity contribution in [1.29, 1.82) is 0 Å². The van der Waals surface area contributed by atoms with E-state index in [-0.39, 0.29) is 18.8 Å². The minimum atomic E-state index is -3.39. The molecule has 1 N–H and O–H groups in total. The van der Waals surface area contributed by atoms with E-state index in [1.807, 2.05) is 0 Å². The maximum atomic E-state index is 12.5. The van der Waals surface area contributed by atoms with Gasteiger partial charge in [-0.2, -0.15) is 4.31 Å². The summed E-state index contributed by atoms with van der Waals surface area (Å²) < 4.78 is 26.5. The Kier molecular flexibility index (Phi) is 7.98. The van der Waals surface area contributed by atoms with Crippen LogP contribution in [-0.2, 0) is 14.8 Å². The van der Waals surface area contributed by atoms with E-state index in [0.29, 0.717) is 37.5 Å². The molecule has 2 rings (SSSR count). The maximum Gasteiger partial charge on any atom is 0.303 e. The summed E-state index contributed by atoms with van der Waals surface area (Å²) in [5.74, 6) is -0.765. The molecule has 130 valence electrons. The summed E-state index contributed by atoms with van der Waals surface area (Å²) in [5, 5.41) is 8.60. The summed E-state index contributed by atoms with van der Waals surface area (Å²) >= 11 is 0. The summed E-state index contributed by atoms with van der Waals surface area (Å²) in [4.78, 5) is 13.0. The van der Waals surface area contributed by atoms with Gasteiger partial charge in [0.1, 0.15) is 0 Å². The van der Waals surface area contributed by atoms with Gasteiger partial charge in [0.05, 0.1) is 4.90 Å². The molecule has 0 bridgehead atoms. The molecular formula is C15H23ClN2O4S. The molecular weight excluding hydrogens is 340 g/mol. The van der Waals surface area contributed by atoms with Crippen molar-refractivity contribution in [2.45, 2.75) is 24.2 Å². The number of rotatable bonds is 7. The van der Waals surface area contributed by atoms with Crippen LogP contribution < -0.4 is 0 Å². The van der Waals surface area contributed by atoms with Crippen LogP contribution in [0.3, 0.4) is 0 Å². The maximum absolute atomic E-state index is 12.5. The number of halogens is 1. The summed E-state index contributed by atoms with van der Waals surface area (Å²) in [6.07, 6.45) is 1.69. The number of aliphatic carboxylic acids is 1. The summed E-state index contributed by atoms with van der Waals surface area (Å²) in [5.41, 5.74) is 0. The van der Waals surface area contributed by atoms with Gasteiger partial charge < -0.3 is 10.0 Å². The van der Waals surface area contributed by atoms with Gasteiger partial charge in [0, 0.05) is 32.6 Å². The van der Waals surface area contributed by atoms with Crippen molar-refractivity contribution in [1.82, 2.24) is 9.21 Å². The van der Waals surface area contributed by atoms with Crippen molar-refractivity contribution < 1.29 is 18.3 Å². The Labute approximate surface area is 143 Å². The fourth-order valence-corrected chi connectivity index (χ4v) is 3.99. The number of benzene rings is 1. The third-order valence-corrected chi connectivity index (χ3v) is 5.74. The van der Waals surface area contributed by atoms with Crippen LogP contribution in [0.25, 0.3) is 0 Å². The van der Waals surface area contributed by atoms with E-state index in [1.165, 1.54) is 4.31 Å². The van der Waals surface area contributed by atoms with E-state index in [1.54, 1.807) is 30.3 Å². The minimum Gasteiger partial charge on any atom is -0.481 e. The Morgan fingerprint density at radius 2 is 1.65 bits per heavy atom. The highest BCUT2D eigenvalue weighted by Crippen LogP contribution is 2.17. The lowest BCUT2D eigenvalue weighted by atomic mass is 10.2. The van der Waals surface area contributed by atoms with E-state index in [2.05, 4.69) is 4.90 Å². The Bertz CT molecular complexity index is 587. The van der Waals surface area contributed by atoms with Crippen LogP contribution >= 0.6 is 12.4 Å². The highest BCUT2D eigenvalue weighted by Gasteiger charge is 2.27. The van der Waals surface area contributed by atoms with Gasteiger partial charge in [-0.25, -0.2) is 8.42 Å². The highest BCUT2D eigenvalue weighted by molar-refractivity contribution is 7.89. The number of carboxylic acids is 1. The molecule has 0 spiro atoms. The van der Waals surface area contributed by atoms with Crippen molar-refractivity contribution in [2.24, 2.45) is 0 Å². The lowest BCUT2D eigenvalue weighted by molar-refractivity contribution is -0.137. The normalized spacial score (nSPS) is 16.7. The van der Waals surface area contributed by atoms with Crippen LogP contribution in [-0.4, -0.2) is 61.4 Å². The largest absolute Gasteiger partial charge is 0.481 e. The first kappa shape index (κ1) is 19.9. The molecule has 0 atom stereocenters. The number of sulfonamides is 1. The van der Waals surface area contributed by atoms with Crippen LogP contribution in [0.2, 0.25) is 0 Å². The third-order valence-electron chi connectivity index (χ3n) is 3.83. The van der Waals surface area contributed by atoms with E-state index < -0.39 is 16.0 Å². The van der Waals surface area contributed by atoms with Crippen LogP contribution in [0.4, 0.5) is 0 Å². The molecule has 23 heavy (non-hydrogen) atoms. The molecule has 1 fully saturated rings. The third kappa shape index (κ3) is 5.76. The van der Waals surface area contributed by atoms with Crippen LogP contribution in [0.1, 0.15) is 19.3 Å². The molecule has 1 saturated heterocycles.